The molecule has 56 valence electrons. The molecule has 0 heterocycles. The summed E-state index contributed by atoms with van der Waals surface area (Å²) < 4.78 is 1.80. The van der Waals surface area contributed by atoms with E-state index in [2.05, 4.69) is 0 Å². The van der Waals surface area contributed by atoms with Crippen molar-refractivity contribution in [2.45, 2.75) is 6.92 Å². The topological polar surface area (TPSA) is 3.24 Å². The molecule has 9 heavy (non-hydrogen) atoms. The predicted octanol–water partition coefficient (Wildman–Crippen LogP) is 1.70. The first-order chi connectivity index (χ1) is 4.09. The van der Waals surface area contributed by atoms with Crippen LogP contribution in [0.5, 0.6) is 0 Å². The van der Waals surface area contributed by atoms with E-state index in [1.165, 1.54) is 0 Å². The van der Waals surface area contributed by atoms with Crippen LogP contribution in [0.4, 0.5) is 0 Å². The lowest BCUT2D eigenvalue weighted by Gasteiger charge is -2.19. The van der Waals surface area contributed by atoms with Crippen LogP contribution < -0.4 is 0 Å². The third-order valence-corrected chi connectivity index (χ3v) is 9.66. The molecule has 0 bridgehead atoms. The van der Waals surface area contributed by atoms with E-state index < -0.39 is 15.2 Å². The Hall–Kier alpha value is 1.55. The van der Waals surface area contributed by atoms with Crippen LogP contribution in [0.1, 0.15) is 6.92 Å². The van der Waals surface area contributed by atoms with Crippen LogP contribution in [0.25, 0.3) is 0 Å². The van der Waals surface area contributed by atoms with E-state index in [4.69, 9.17) is 44.3 Å². The monoisotopic (exact) mass is 241 g/mol. The average molecular weight is 243 g/mol. The Kier molecular flexibility index (Phi) is 6.14. The molecule has 0 aromatic rings. The lowest BCUT2D eigenvalue weighted by molar-refractivity contribution is 0.726. The number of hydrogen-bond donors (Lipinski definition) is 0. The second-order valence-electron chi connectivity index (χ2n) is 1.39. The van der Waals surface area contributed by atoms with E-state index >= 15 is 0 Å². The molecule has 0 amide bonds. The lowest BCUT2D eigenvalue weighted by Crippen LogP contribution is -2.37. The van der Waals surface area contributed by atoms with Crippen LogP contribution >= 0.6 is 44.3 Å². The number of rotatable bonds is 3. The van der Waals surface area contributed by atoms with Crippen molar-refractivity contribution in [3.63, 3.8) is 0 Å². The highest BCUT2D eigenvalue weighted by Gasteiger charge is 2.20. The number of halogens is 4. The fourth-order valence-corrected chi connectivity index (χ4v) is 9.38. The van der Waals surface area contributed by atoms with Crippen LogP contribution in [0.3, 0.4) is 0 Å². The Balaban J connectivity index is 3.68. The first-order valence-electron chi connectivity index (χ1n) is 2.41. The van der Waals surface area contributed by atoms with Gasteiger partial charge in [-0.05, 0) is 6.54 Å². The molecule has 0 fully saturated rings. The zero-order valence-electron chi connectivity index (χ0n) is 4.82. The average Bonchev–Trinajstić information content (AvgIpc) is 1.64. The van der Waals surface area contributed by atoms with Gasteiger partial charge >= 0.3 is 15.2 Å². The Morgan fingerprint density at radius 1 is 1.11 bits per heavy atom. The van der Waals surface area contributed by atoms with Crippen LogP contribution in [-0.4, -0.2) is 25.9 Å². The zero-order valence-corrected chi connectivity index (χ0v) is 10.2. The highest BCUT2D eigenvalue weighted by Crippen LogP contribution is 2.11. The van der Waals surface area contributed by atoms with Gasteiger partial charge in [0.25, 0.3) is 0 Å². The van der Waals surface area contributed by atoms with Crippen molar-refractivity contribution in [3.8, 4) is 0 Å². The fourth-order valence-electron chi connectivity index (χ4n) is 0.361. The molecule has 1 nitrogen and oxygen atoms in total. The van der Waals surface area contributed by atoms with Gasteiger partial charge in [0.2, 0.25) is 0 Å². The van der Waals surface area contributed by atoms with Gasteiger partial charge in [-0.3, -0.25) is 0 Å². The third-order valence-electron chi connectivity index (χ3n) is 0.867. The highest BCUT2D eigenvalue weighted by molar-refractivity contribution is 7.42. The molecule has 0 unspecified atom stereocenters. The van der Waals surface area contributed by atoms with Gasteiger partial charge in [0, 0.05) is 0 Å². The normalized spacial score (nSPS) is 12.0. The van der Waals surface area contributed by atoms with Crippen LogP contribution in [0.15, 0.2) is 0 Å². The molecule has 0 rings (SSSR count). The summed E-state index contributed by atoms with van der Waals surface area (Å²) in [7, 11) is -3.54. The summed E-state index contributed by atoms with van der Waals surface area (Å²) in [6, 6.07) is 0. The molecule has 0 aromatic carbocycles. The van der Waals surface area contributed by atoms with Crippen LogP contribution in [-0.2, 0) is 0 Å². The summed E-state index contributed by atoms with van der Waals surface area (Å²) in [5, 5.41) is 0. The molecule has 0 aromatic heterocycles. The molecular formula is C2H7Cl4NSi2. The van der Waals surface area contributed by atoms with E-state index in [9.17, 15) is 0 Å². The summed E-state index contributed by atoms with van der Waals surface area (Å²) in [4.78, 5) is 0. The molecule has 0 spiro atoms. The predicted molar refractivity (Wildman–Crippen MR) is 50.1 cm³/mol. The standard InChI is InChI=1S/C2H7Cl4NSi2/c1-2-7(8(3)4)9(5)6/h8-9H,2H2,1H3. The molecule has 0 atom stereocenters. The maximum absolute atomic E-state index is 5.63. The minimum Gasteiger partial charge on any atom is -0.303 e. The van der Waals surface area contributed by atoms with Crippen molar-refractivity contribution in [2.24, 2.45) is 0 Å². The minimum atomic E-state index is -1.77. The first kappa shape index (κ1) is 10.6. The van der Waals surface area contributed by atoms with Crippen molar-refractivity contribution >= 4 is 59.5 Å². The third kappa shape index (κ3) is 4.08. The fraction of sp³-hybridized carbons (Fsp3) is 1.00. The number of nitrogens with zero attached hydrogens (tertiary/aromatic N) is 1. The summed E-state index contributed by atoms with van der Waals surface area (Å²) in [6.45, 7) is 2.70. The minimum absolute atomic E-state index is 0.758. The second-order valence-corrected chi connectivity index (χ2v) is 10.7. The van der Waals surface area contributed by atoms with Crippen molar-refractivity contribution in [3.05, 3.63) is 0 Å². The lowest BCUT2D eigenvalue weighted by atomic mass is 10.8. The molecule has 0 aliphatic rings. The van der Waals surface area contributed by atoms with Gasteiger partial charge in [-0.1, -0.05) is 6.92 Å². The van der Waals surface area contributed by atoms with Crippen molar-refractivity contribution in [1.29, 1.82) is 0 Å². The van der Waals surface area contributed by atoms with E-state index in [0.29, 0.717) is 0 Å². The SMILES string of the molecule is CCN([SiH](Cl)Cl)[SiH](Cl)Cl. The Bertz CT molecular complexity index is 71.0. The summed E-state index contributed by atoms with van der Waals surface area (Å²) >= 11 is 22.5. The Labute approximate surface area is 77.0 Å². The van der Waals surface area contributed by atoms with Gasteiger partial charge in [-0.25, -0.2) is 0 Å². The smallest absolute Gasteiger partial charge is 0.303 e. The maximum Gasteiger partial charge on any atom is 0.304 e. The summed E-state index contributed by atoms with van der Waals surface area (Å²) in [5.41, 5.74) is 0. The summed E-state index contributed by atoms with van der Waals surface area (Å²) in [6.07, 6.45) is 0. The molecule has 0 saturated carbocycles. The van der Waals surface area contributed by atoms with Gasteiger partial charge in [0.05, 0.1) is 0 Å². The van der Waals surface area contributed by atoms with Gasteiger partial charge in [-0.15, -0.1) is 44.3 Å². The van der Waals surface area contributed by atoms with Crippen molar-refractivity contribution in [1.82, 2.24) is 4.23 Å². The molecule has 0 N–H and O–H groups in total. The van der Waals surface area contributed by atoms with E-state index in [0.717, 1.165) is 6.54 Å². The first-order valence-corrected chi connectivity index (χ1v) is 10.4. The van der Waals surface area contributed by atoms with E-state index in [-0.39, 0.29) is 0 Å². The molecule has 7 heteroatoms. The second kappa shape index (κ2) is 5.24. The number of hydrogen-bond acceptors (Lipinski definition) is 1. The van der Waals surface area contributed by atoms with Gasteiger partial charge < -0.3 is 4.23 Å². The van der Waals surface area contributed by atoms with Crippen LogP contribution in [0, 0.1) is 0 Å². The zero-order chi connectivity index (χ0) is 7.44. The van der Waals surface area contributed by atoms with Crippen molar-refractivity contribution < 1.29 is 0 Å². The van der Waals surface area contributed by atoms with Gasteiger partial charge in [0.15, 0.2) is 0 Å². The van der Waals surface area contributed by atoms with Crippen LogP contribution in [0.2, 0.25) is 0 Å². The van der Waals surface area contributed by atoms with E-state index in [1.54, 1.807) is 4.23 Å². The van der Waals surface area contributed by atoms with Gasteiger partial charge in [-0.2, -0.15) is 0 Å². The quantitative estimate of drug-likeness (QED) is 0.538. The molecule has 0 radical (unpaired) electrons. The Morgan fingerprint density at radius 3 is 1.44 bits per heavy atom. The highest BCUT2D eigenvalue weighted by atomic mass is 35.7. The molecule has 0 aliphatic carbocycles. The molecular weight excluding hydrogens is 236 g/mol. The molecule has 0 aliphatic heterocycles. The largest absolute Gasteiger partial charge is 0.304 e. The summed E-state index contributed by atoms with van der Waals surface area (Å²) in [5.74, 6) is 0. The van der Waals surface area contributed by atoms with E-state index in [1.807, 2.05) is 6.92 Å². The van der Waals surface area contributed by atoms with Crippen molar-refractivity contribution in [2.75, 3.05) is 6.54 Å². The molecule has 0 saturated heterocycles. The maximum atomic E-state index is 5.63. The Morgan fingerprint density at radius 2 is 1.44 bits per heavy atom. The van der Waals surface area contributed by atoms with Gasteiger partial charge in [0.1, 0.15) is 0 Å².